The molecular weight excluding hydrogens is 408 g/mol. The number of rotatable bonds is 4. The Kier molecular flexibility index (Phi) is 6.07. The molecule has 0 aliphatic carbocycles. The van der Waals surface area contributed by atoms with Crippen LogP contribution in [0.2, 0.25) is 5.02 Å². The molecule has 0 aliphatic heterocycles. The predicted molar refractivity (Wildman–Crippen MR) is 101 cm³/mol. The number of nitrogens with one attached hydrogen (secondary N) is 1. The Morgan fingerprint density at radius 2 is 2.16 bits per heavy atom. The van der Waals surface area contributed by atoms with E-state index in [-0.39, 0.29) is 17.1 Å². The lowest BCUT2D eigenvalue weighted by molar-refractivity contribution is -0.112. The highest BCUT2D eigenvalue weighted by molar-refractivity contribution is 9.10. The minimum Gasteiger partial charge on any atom is -0.503 e. The zero-order chi connectivity index (χ0) is 18.6. The van der Waals surface area contributed by atoms with Crippen molar-refractivity contribution >= 4 is 45.2 Å². The summed E-state index contributed by atoms with van der Waals surface area (Å²) in [5.74, 6) is -0.391. The zero-order valence-electron chi connectivity index (χ0n) is 13.4. The molecule has 0 fully saturated rings. The average molecular weight is 422 g/mol. The van der Waals surface area contributed by atoms with Crippen molar-refractivity contribution in [1.29, 1.82) is 5.26 Å². The number of phenolic OH excluding ortho intramolecular Hbond substituents is 1. The monoisotopic (exact) mass is 420 g/mol. The van der Waals surface area contributed by atoms with E-state index in [0.717, 1.165) is 0 Å². The van der Waals surface area contributed by atoms with Gasteiger partial charge in [-0.25, -0.2) is 0 Å². The molecule has 0 radical (unpaired) electrons. The molecule has 25 heavy (non-hydrogen) atoms. The minimum atomic E-state index is -0.559. The summed E-state index contributed by atoms with van der Waals surface area (Å²) in [7, 11) is 1.41. The molecular formula is C18H14BrClN2O3. The number of benzene rings is 2. The third-order valence-corrected chi connectivity index (χ3v) is 4.48. The van der Waals surface area contributed by atoms with Gasteiger partial charge in [0.15, 0.2) is 11.5 Å². The van der Waals surface area contributed by atoms with Crippen molar-refractivity contribution in [2.24, 2.45) is 0 Å². The predicted octanol–water partition coefficient (Wildman–Crippen LogP) is 4.67. The van der Waals surface area contributed by atoms with Crippen LogP contribution in [-0.4, -0.2) is 18.1 Å². The third kappa shape index (κ3) is 4.32. The molecule has 0 spiro atoms. The van der Waals surface area contributed by atoms with E-state index >= 15 is 0 Å². The van der Waals surface area contributed by atoms with Crippen LogP contribution in [0.3, 0.4) is 0 Å². The van der Waals surface area contributed by atoms with Gasteiger partial charge in [0, 0.05) is 10.7 Å². The van der Waals surface area contributed by atoms with Gasteiger partial charge in [-0.15, -0.1) is 0 Å². The smallest absolute Gasteiger partial charge is 0.266 e. The molecule has 0 saturated heterocycles. The number of ether oxygens (including phenoxy) is 1. The summed E-state index contributed by atoms with van der Waals surface area (Å²) >= 11 is 9.23. The van der Waals surface area contributed by atoms with E-state index in [1.165, 1.54) is 19.3 Å². The number of carbonyl (C=O) groups is 1. The molecule has 0 saturated carbocycles. The lowest BCUT2D eigenvalue weighted by atomic mass is 10.1. The highest BCUT2D eigenvalue weighted by Gasteiger charge is 2.13. The number of aromatic hydroxyl groups is 1. The van der Waals surface area contributed by atoms with Crippen LogP contribution in [0.5, 0.6) is 11.5 Å². The van der Waals surface area contributed by atoms with Crippen LogP contribution in [0.4, 0.5) is 5.69 Å². The van der Waals surface area contributed by atoms with Gasteiger partial charge in [-0.1, -0.05) is 17.7 Å². The van der Waals surface area contributed by atoms with Gasteiger partial charge in [-0.3, -0.25) is 4.79 Å². The van der Waals surface area contributed by atoms with Gasteiger partial charge in [0.05, 0.1) is 11.6 Å². The van der Waals surface area contributed by atoms with Crippen molar-refractivity contribution < 1.29 is 14.6 Å². The van der Waals surface area contributed by atoms with Crippen LogP contribution in [0.15, 0.2) is 40.4 Å². The topological polar surface area (TPSA) is 82.3 Å². The normalized spacial score (nSPS) is 10.9. The Labute approximate surface area is 158 Å². The van der Waals surface area contributed by atoms with E-state index in [9.17, 15) is 15.2 Å². The quantitative estimate of drug-likeness (QED) is 0.555. The standard InChI is InChI=1S/C18H14BrClN2O3/c1-10-14(20)4-3-5-15(10)22-18(24)12(9-21)6-11-7-13(19)17(23)16(8-11)25-2/h3-8,23H,1-2H3,(H,22,24)/b12-6+. The number of nitriles is 1. The minimum absolute atomic E-state index is 0.0582. The van der Waals surface area contributed by atoms with Gasteiger partial charge >= 0.3 is 0 Å². The molecule has 0 aliphatic rings. The lowest BCUT2D eigenvalue weighted by Gasteiger charge is -2.09. The van der Waals surface area contributed by atoms with Crippen LogP contribution in [-0.2, 0) is 4.79 Å². The van der Waals surface area contributed by atoms with Crippen LogP contribution in [0, 0.1) is 18.3 Å². The Morgan fingerprint density at radius 1 is 1.44 bits per heavy atom. The molecule has 2 aromatic carbocycles. The highest BCUT2D eigenvalue weighted by atomic mass is 79.9. The molecule has 2 aromatic rings. The molecule has 0 unspecified atom stereocenters. The number of hydrogen-bond acceptors (Lipinski definition) is 4. The number of nitrogens with zero attached hydrogens (tertiary/aromatic N) is 1. The summed E-state index contributed by atoms with van der Waals surface area (Å²) < 4.78 is 5.45. The van der Waals surface area contributed by atoms with Crippen LogP contribution >= 0.6 is 27.5 Å². The largest absolute Gasteiger partial charge is 0.503 e. The van der Waals surface area contributed by atoms with Gasteiger partial charge in [0.25, 0.3) is 5.91 Å². The van der Waals surface area contributed by atoms with Crippen LogP contribution < -0.4 is 10.1 Å². The van der Waals surface area contributed by atoms with Crippen molar-refractivity contribution in [2.75, 3.05) is 12.4 Å². The van der Waals surface area contributed by atoms with Crippen molar-refractivity contribution in [1.82, 2.24) is 0 Å². The zero-order valence-corrected chi connectivity index (χ0v) is 15.8. The first-order valence-corrected chi connectivity index (χ1v) is 8.29. The maximum absolute atomic E-state index is 12.4. The molecule has 1 amide bonds. The van der Waals surface area contributed by atoms with E-state index in [0.29, 0.717) is 26.3 Å². The van der Waals surface area contributed by atoms with Gasteiger partial charge in [-0.05, 0) is 64.3 Å². The first-order valence-electron chi connectivity index (χ1n) is 7.12. The van der Waals surface area contributed by atoms with Crippen molar-refractivity contribution in [3.8, 4) is 17.6 Å². The number of halogens is 2. The molecule has 5 nitrogen and oxygen atoms in total. The summed E-state index contributed by atoms with van der Waals surface area (Å²) in [6.07, 6.45) is 1.40. The first-order chi connectivity index (χ1) is 11.9. The molecule has 0 bridgehead atoms. The summed E-state index contributed by atoms with van der Waals surface area (Å²) in [6, 6.07) is 10.1. The maximum atomic E-state index is 12.4. The summed E-state index contributed by atoms with van der Waals surface area (Å²) in [6.45, 7) is 1.77. The fourth-order valence-electron chi connectivity index (χ4n) is 2.08. The van der Waals surface area contributed by atoms with Gasteiger partial charge in [0.1, 0.15) is 11.6 Å². The van der Waals surface area contributed by atoms with Crippen molar-refractivity contribution in [3.05, 3.63) is 56.5 Å². The molecule has 0 atom stereocenters. The number of carbonyl (C=O) groups excluding carboxylic acids is 1. The molecule has 7 heteroatoms. The number of anilines is 1. The van der Waals surface area contributed by atoms with Crippen LogP contribution in [0.1, 0.15) is 11.1 Å². The van der Waals surface area contributed by atoms with Gasteiger partial charge in [-0.2, -0.15) is 5.26 Å². The molecule has 128 valence electrons. The van der Waals surface area contributed by atoms with E-state index in [4.69, 9.17) is 16.3 Å². The van der Waals surface area contributed by atoms with E-state index in [1.807, 2.05) is 6.07 Å². The third-order valence-electron chi connectivity index (χ3n) is 3.46. The SMILES string of the molecule is COc1cc(/C=C(\C#N)C(=O)Nc2cccc(Cl)c2C)cc(Br)c1O. The Bertz CT molecular complexity index is 904. The number of amides is 1. The van der Waals surface area contributed by atoms with Gasteiger partial charge in [0.2, 0.25) is 0 Å². The number of methoxy groups -OCH3 is 1. The fraction of sp³-hybridized carbons (Fsp3) is 0.111. The first kappa shape index (κ1) is 18.8. The molecule has 0 heterocycles. The Morgan fingerprint density at radius 3 is 2.80 bits per heavy atom. The maximum Gasteiger partial charge on any atom is 0.266 e. The number of phenols is 1. The second kappa shape index (κ2) is 8.06. The lowest BCUT2D eigenvalue weighted by Crippen LogP contribution is -2.14. The van der Waals surface area contributed by atoms with Crippen molar-refractivity contribution in [3.63, 3.8) is 0 Å². The van der Waals surface area contributed by atoms with E-state index in [1.54, 1.807) is 31.2 Å². The molecule has 0 aromatic heterocycles. The Hall–Kier alpha value is -2.49. The summed E-state index contributed by atoms with van der Waals surface area (Å²) in [4.78, 5) is 12.4. The highest BCUT2D eigenvalue weighted by Crippen LogP contribution is 2.35. The number of hydrogen-bond donors (Lipinski definition) is 2. The summed E-state index contributed by atoms with van der Waals surface area (Å²) in [5, 5.41) is 22.3. The van der Waals surface area contributed by atoms with E-state index < -0.39 is 5.91 Å². The van der Waals surface area contributed by atoms with Crippen LogP contribution in [0.25, 0.3) is 6.08 Å². The molecule has 2 rings (SSSR count). The van der Waals surface area contributed by atoms with Gasteiger partial charge < -0.3 is 15.2 Å². The fourth-order valence-corrected chi connectivity index (χ4v) is 2.71. The van der Waals surface area contributed by atoms with E-state index in [2.05, 4.69) is 21.2 Å². The summed E-state index contributed by atoms with van der Waals surface area (Å²) in [5.41, 5.74) is 1.67. The second-order valence-corrected chi connectivity index (χ2v) is 6.35. The average Bonchev–Trinajstić information content (AvgIpc) is 2.59. The molecule has 2 N–H and O–H groups in total. The van der Waals surface area contributed by atoms with Crippen molar-refractivity contribution in [2.45, 2.75) is 6.92 Å². The second-order valence-electron chi connectivity index (χ2n) is 5.09. The Balaban J connectivity index is 2.34.